The topological polar surface area (TPSA) is 40.5 Å². The second-order valence-corrected chi connectivity index (χ2v) is 5.16. The van der Waals surface area contributed by atoms with Gasteiger partial charge in [-0.05, 0) is 57.6 Å². The van der Waals surface area contributed by atoms with Gasteiger partial charge in [0.05, 0.1) is 0 Å². The van der Waals surface area contributed by atoms with E-state index in [1.807, 2.05) is 0 Å². The minimum atomic E-state index is 0.184. The Morgan fingerprint density at radius 1 is 0.550 bits per heavy atom. The molecule has 20 heavy (non-hydrogen) atoms. The van der Waals surface area contributed by atoms with E-state index in [1.54, 1.807) is 0 Å². The number of rotatable bonds is 4. The molecular weight excluding hydrogens is 248 g/mol. The average Bonchev–Trinajstić information content (AvgIpc) is 2.46. The minimum Gasteiger partial charge on any atom is -0.396 e. The summed E-state index contributed by atoms with van der Waals surface area (Å²) in [4.78, 5) is 0. The van der Waals surface area contributed by atoms with Crippen molar-refractivity contribution in [2.24, 2.45) is 0 Å². The van der Waals surface area contributed by atoms with Crippen LogP contribution in [0.3, 0.4) is 0 Å². The van der Waals surface area contributed by atoms with Gasteiger partial charge in [-0.25, -0.2) is 0 Å². The smallest absolute Gasteiger partial charge is 0.0471 e. The molecule has 3 rings (SSSR count). The zero-order valence-corrected chi connectivity index (χ0v) is 11.3. The molecule has 0 bridgehead atoms. The van der Waals surface area contributed by atoms with Crippen LogP contribution < -0.4 is 0 Å². The number of benzene rings is 3. The third-order valence-corrected chi connectivity index (χ3v) is 3.73. The van der Waals surface area contributed by atoms with Crippen molar-refractivity contribution in [2.45, 2.75) is 12.8 Å². The predicted molar refractivity (Wildman–Crippen MR) is 83.0 cm³/mol. The summed E-state index contributed by atoms with van der Waals surface area (Å²) >= 11 is 0. The first kappa shape index (κ1) is 13.1. The molecule has 0 aliphatic carbocycles. The summed E-state index contributed by atoms with van der Waals surface area (Å²) in [7, 11) is 0. The highest BCUT2D eigenvalue weighted by atomic mass is 16.3. The highest BCUT2D eigenvalue weighted by Gasteiger charge is 2.01. The largest absolute Gasteiger partial charge is 0.396 e. The van der Waals surface area contributed by atoms with Crippen molar-refractivity contribution in [1.82, 2.24) is 0 Å². The number of fused-ring (bicyclic) bond motifs is 2. The molecule has 0 aromatic heterocycles. The molecule has 0 aliphatic heterocycles. The Hall–Kier alpha value is -1.90. The quantitative estimate of drug-likeness (QED) is 0.712. The maximum atomic E-state index is 9.02. The van der Waals surface area contributed by atoms with E-state index in [-0.39, 0.29) is 13.2 Å². The Morgan fingerprint density at radius 3 is 1.40 bits per heavy atom. The summed E-state index contributed by atoms with van der Waals surface area (Å²) in [6, 6.07) is 17.0. The Morgan fingerprint density at radius 2 is 1.00 bits per heavy atom. The van der Waals surface area contributed by atoms with E-state index in [2.05, 4.69) is 48.5 Å². The fourth-order valence-electron chi connectivity index (χ4n) is 2.67. The molecule has 2 N–H and O–H groups in total. The van der Waals surface area contributed by atoms with Crippen LogP contribution >= 0.6 is 0 Å². The SMILES string of the molecule is OCCc1ccc2cc3cc(CCO)ccc3cc2c1. The van der Waals surface area contributed by atoms with Gasteiger partial charge < -0.3 is 10.2 Å². The van der Waals surface area contributed by atoms with Crippen LogP contribution in [-0.4, -0.2) is 23.4 Å². The normalized spacial score (nSPS) is 11.3. The lowest BCUT2D eigenvalue weighted by Gasteiger charge is -2.07. The lowest BCUT2D eigenvalue weighted by atomic mass is 9.99. The molecule has 2 nitrogen and oxygen atoms in total. The molecular formula is C18H18O2. The molecule has 0 aliphatic rings. The first-order chi connectivity index (χ1) is 9.80. The van der Waals surface area contributed by atoms with Gasteiger partial charge in [0, 0.05) is 13.2 Å². The second kappa shape index (κ2) is 5.61. The maximum Gasteiger partial charge on any atom is 0.0471 e. The molecule has 0 radical (unpaired) electrons. The van der Waals surface area contributed by atoms with Crippen molar-refractivity contribution < 1.29 is 10.2 Å². The number of aliphatic hydroxyl groups excluding tert-OH is 2. The molecule has 102 valence electrons. The first-order valence-corrected chi connectivity index (χ1v) is 6.97. The van der Waals surface area contributed by atoms with Gasteiger partial charge in [0.15, 0.2) is 0 Å². The van der Waals surface area contributed by atoms with Crippen LogP contribution in [0.15, 0.2) is 48.5 Å². The van der Waals surface area contributed by atoms with Crippen LogP contribution in [0.25, 0.3) is 21.5 Å². The molecule has 3 aromatic carbocycles. The van der Waals surface area contributed by atoms with Gasteiger partial charge in [0.25, 0.3) is 0 Å². The van der Waals surface area contributed by atoms with Crippen molar-refractivity contribution in [3.8, 4) is 0 Å². The number of hydrogen-bond donors (Lipinski definition) is 2. The minimum absolute atomic E-state index is 0.184. The molecule has 0 spiro atoms. The van der Waals surface area contributed by atoms with Crippen LogP contribution in [-0.2, 0) is 12.8 Å². The molecule has 3 aromatic rings. The van der Waals surface area contributed by atoms with Crippen LogP contribution in [0.1, 0.15) is 11.1 Å². The third-order valence-electron chi connectivity index (χ3n) is 3.73. The summed E-state index contributed by atoms with van der Waals surface area (Å²) in [6.45, 7) is 0.368. The molecule has 0 heterocycles. The van der Waals surface area contributed by atoms with Crippen molar-refractivity contribution in [3.63, 3.8) is 0 Å². The number of aliphatic hydroxyl groups is 2. The summed E-state index contributed by atoms with van der Waals surface area (Å²) in [5.74, 6) is 0. The Balaban J connectivity index is 2.12. The van der Waals surface area contributed by atoms with Crippen LogP contribution in [0, 0.1) is 0 Å². The summed E-state index contributed by atoms with van der Waals surface area (Å²) in [5.41, 5.74) is 2.33. The Labute approximate surface area is 118 Å². The van der Waals surface area contributed by atoms with Gasteiger partial charge in [-0.15, -0.1) is 0 Å². The van der Waals surface area contributed by atoms with Gasteiger partial charge in [-0.1, -0.05) is 36.4 Å². The van der Waals surface area contributed by atoms with Crippen LogP contribution in [0.4, 0.5) is 0 Å². The van der Waals surface area contributed by atoms with E-state index < -0.39 is 0 Å². The van der Waals surface area contributed by atoms with Gasteiger partial charge in [0.1, 0.15) is 0 Å². The second-order valence-electron chi connectivity index (χ2n) is 5.16. The summed E-state index contributed by atoms with van der Waals surface area (Å²) in [5, 5.41) is 22.9. The molecule has 0 saturated heterocycles. The van der Waals surface area contributed by atoms with Gasteiger partial charge in [0.2, 0.25) is 0 Å². The molecule has 0 fully saturated rings. The van der Waals surface area contributed by atoms with Gasteiger partial charge in [-0.3, -0.25) is 0 Å². The fourth-order valence-corrected chi connectivity index (χ4v) is 2.67. The molecule has 2 heteroatoms. The standard InChI is InChI=1S/C18H18O2/c19-7-5-13-1-3-15-11-18-10-14(6-8-20)2-4-16(18)12-17(15)9-13/h1-4,9-12,19-20H,5-8H2. The Bertz CT molecular complexity index is 681. The molecule has 0 atom stereocenters. The van der Waals surface area contributed by atoms with Crippen molar-refractivity contribution in [3.05, 3.63) is 59.7 Å². The highest BCUT2D eigenvalue weighted by Crippen LogP contribution is 2.25. The van der Waals surface area contributed by atoms with Crippen molar-refractivity contribution >= 4 is 21.5 Å². The predicted octanol–water partition coefficient (Wildman–Crippen LogP) is 3.06. The van der Waals surface area contributed by atoms with Gasteiger partial charge >= 0.3 is 0 Å². The van der Waals surface area contributed by atoms with Crippen LogP contribution in [0.2, 0.25) is 0 Å². The number of hydrogen-bond acceptors (Lipinski definition) is 2. The van der Waals surface area contributed by atoms with E-state index in [0.717, 1.165) is 11.1 Å². The van der Waals surface area contributed by atoms with Crippen LogP contribution in [0.5, 0.6) is 0 Å². The lowest BCUT2D eigenvalue weighted by molar-refractivity contribution is 0.299. The Kier molecular flexibility index (Phi) is 3.68. The first-order valence-electron chi connectivity index (χ1n) is 6.97. The summed E-state index contributed by atoms with van der Waals surface area (Å²) in [6.07, 6.45) is 1.40. The molecule has 0 saturated carbocycles. The monoisotopic (exact) mass is 266 g/mol. The summed E-state index contributed by atoms with van der Waals surface area (Å²) < 4.78 is 0. The zero-order chi connectivity index (χ0) is 13.9. The molecule has 0 unspecified atom stereocenters. The van der Waals surface area contributed by atoms with Gasteiger partial charge in [-0.2, -0.15) is 0 Å². The zero-order valence-electron chi connectivity index (χ0n) is 11.3. The maximum absolute atomic E-state index is 9.02. The lowest BCUT2D eigenvalue weighted by Crippen LogP contribution is -1.91. The highest BCUT2D eigenvalue weighted by molar-refractivity contribution is 5.98. The third kappa shape index (κ3) is 2.53. The van der Waals surface area contributed by atoms with E-state index in [1.165, 1.54) is 21.5 Å². The van der Waals surface area contributed by atoms with E-state index >= 15 is 0 Å². The van der Waals surface area contributed by atoms with E-state index in [0.29, 0.717) is 12.8 Å². The van der Waals surface area contributed by atoms with Crippen molar-refractivity contribution in [1.29, 1.82) is 0 Å². The van der Waals surface area contributed by atoms with Crippen molar-refractivity contribution in [2.75, 3.05) is 13.2 Å². The fraction of sp³-hybridized carbons (Fsp3) is 0.222. The van der Waals surface area contributed by atoms with E-state index in [4.69, 9.17) is 10.2 Å². The average molecular weight is 266 g/mol. The molecule has 0 amide bonds. The van der Waals surface area contributed by atoms with E-state index in [9.17, 15) is 0 Å².